The van der Waals surface area contributed by atoms with E-state index < -0.39 is 0 Å². The standard InChI is InChI=1S/C14H12N2O/c1-10-2-4-12(5-3-10)16-9-11-6-7-15-8-13(11)14(16)17/h2-8H,9H2,1H3. The molecule has 3 rings (SSSR count). The summed E-state index contributed by atoms with van der Waals surface area (Å²) in [5.41, 5.74) is 3.90. The first-order valence-electron chi connectivity index (χ1n) is 5.57. The maximum absolute atomic E-state index is 12.2. The normalized spacial score (nSPS) is 13.9. The van der Waals surface area contributed by atoms with Crippen LogP contribution in [0.2, 0.25) is 0 Å². The molecule has 3 nitrogen and oxygen atoms in total. The van der Waals surface area contributed by atoms with Crippen molar-refractivity contribution < 1.29 is 4.79 Å². The second kappa shape index (κ2) is 3.70. The summed E-state index contributed by atoms with van der Waals surface area (Å²) in [7, 11) is 0. The van der Waals surface area contributed by atoms with E-state index in [1.807, 2.05) is 37.3 Å². The van der Waals surface area contributed by atoms with Crippen LogP contribution in [0.25, 0.3) is 0 Å². The number of hydrogen-bond acceptors (Lipinski definition) is 2. The van der Waals surface area contributed by atoms with Crippen LogP contribution in [0.3, 0.4) is 0 Å². The molecule has 2 heterocycles. The fourth-order valence-electron chi connectivity index (χ4n) is 2.07. The summed E-state index contributed by atoms with van der Waals surface area (Å²) in [6, 6.07) is 9.90. The third kappa shape index (κ3) is 1.60. The number of amides is 1. The molecule has 0 spiro atoms. The van der Waals surface area contributed by atoms with Gasteiger partial charge in [-0.25, -0.2) is 0 Å². The number of carbonyl (C=O) groups excluding carboxylic acids is 1. The predicted octanol–water partition coefficient (Wildman–Crippen LogP) is 2.55. The monoisotopic (exact) mass is 224 g/mol. The van der Waals surface area contributed by atoms with Gasteiger partial charge in [0.05, 0.1) is 12.1 Å². The predicted molar refractivity (Wildman–Crippen MR) is 65.9 cm³/mol. The van der Waals surface area contributed by atoms with E-state index >= 15 is 0 Å². The van der Waals surface area contributed by atoms with Crippen LogP contribution in [0.4, 0.5) is 5.69 Å². The van der Waals surface area contributed by atoms with Gasteiger partial charge in [-0.2, -0.15) is 0 Å². The van der Waals surface area contributed by atoms with Gasteiger partial charge >= 0.3 is 0 Å². The van der Waals surface area contributed by atoms with Gasteiger partial charge < -0.3 is 4.90 Å². The summed E-state index contributed by atoms with van der Waals surface area (Å²) in [4.78, 5) is 18.0. The molecule has 0 N–H and O–H groups in total. The van der Waals surface area contributed by atoms with Gasteiger partial charge in [0.1, 0.15) is 0 Å². The Bertz CT molecular complexity index is 575. The number of benzene rings is 1. The second-order valence-electron chi connectivity index (χ2n) is 4.26. The number of anilines is 1. The van der Waals surface area contributed by atoms with E-state index in [9.17, 15) is 4.79 Å². The van der Waals surface area contributed by atoms with Crippen molar-refractivity contribution in [2.75, 3.05) is 4.90 Å². The summed E-state index contributed by atoms with van der Waals surface area (Å²) in [5, 5.41) is 0. The number of fused-ring (bicyclic) bond motifs is 1. The summed E-state index contributed by atoms with van der Waals surface area (Å²) < 4.78 is 0. The van der Waals surface area contributed by atoms with Crippen LogP contribution < -0.4 is 4.90 Å². The van der Waals surface area contributed by atoms with Crippen LogP contribution in [0.1, 0.15) is 21.5 Å². The van der Waals surface area contributed by atoms with Crippen LogP contribution >= 0.6 is 0 Å². The maximum Gasteiger partial charge on any atom is 0.260 e. The molecule has 1 aromatic carbocycles. The van der Waals surface area contributed by atoms with Gasteiger partial charge in [0.25, 0.3) is 5.91 Å². The summed E-state index contributed by atoms with van der Waals surface area (Å²) in [5.74, 6) is 0.0388. The zero-order valence-corrected chi connectivity index (χ0v) is 9.55. The minimum Gasteiger partial charge on any atom is -0.304 e. The van der Waals surface area contributed by atoms with E-state index in [-0.39, 0.29) is 5.91 Å². The van der Waals surface area contributed by atoms with Crippen molar-refractivity contribution in [2.24, 2.45) is 0 Å². The van der Waals surface area contributed by atoms with Crippen LogP contribution in [-0.4, -0.2) is 10.9 Å². The molecule has 2 aromatic rings. The fourth-order valence-corrected chi connectivity index (χ4v) is 2.07. The van der Waals surface area contributed by atoms with Gasteiger partial charge in [-0.1, -0.05) is 17.7 Å². The Balaban J connectivity index is 1.99. The van der Waals surface area contributed by atoms with Crippen molar-refractivity contribution in [1.82, 2.24) is 4.98 Å². The SMILES string of the molecule is Cc1ccc(N2Cc3ccncc3C2=O)cc1. The Hall–Kier alpha value is -2.16. The molecule has 0 atom stereocenters. The molecular weight excluding hydrogens is 212 g/mol. The number of carbonyl (C=O) groups is 1. The number of aromatic nitrogens is 1. The lowest BCUT2D eigenvalue weighted by Gasteiger charge is -2.15. The lowest BCUT2D eigenvalue weighted by atomic mass is 10.2. The highest BCUT2D eigenvalue weighted by atomic mass is 16.2. The lowest BCUT2D eigenvalue weighted by Crippen LogP contribution is -2.22. The smallest absolute Gasteiger partial charge is 0.260 e. The molecule has 3 heteroatoms. The molecule has 84 valence electrons. The molecule has 1 amide bonds. The Morgan fingerprint density at radius 2 is 1.94 bits per heavy atom. The first-order chi connectivity index (χ1) is 8.25. The van der Waals surface area contributed by atoms with E-state index in [0.717, 1.165) is 11.3 Å². The van der Waals surface area contributed by atoms with Crippen molar-refractivity contribution in [3.05, 3.63) is 59.4 Å². The van der Waals surface area contributed by atoms with Crippen LogP contribution in [0.15, 0.2) is 42.7 Å². The average molecular weight is 224 g/mol. The molecule has 1 aromatic heterocycles. The highest BCUT2D eigenvalue weighted by Gasteiger charge is 2.28. The van der Waals surface area contributed by atoms with Crippen molar-refractivity contribution in [3.8, 4) is 0 Å². The Kier molecular flexibility index (Phi) is 2.18. The zero-order chi connectivity index (χ0) is 11.8. The van der Waals surface area contributed by atoms with E-state index in [1.165, 1.54) is 5.56 Å². The molecule has 0 aliphatic carbocycles. The van der Waals surface area contributed by atoms with Gasteiger partial charge in [0.15, 0.2) is 0 Å². The number of pyridine rings is 1. The van der Waals surface area contributed by atoms with Crippen molar-refractivity contribution >= 4 is 11.6 Å². The van der Waals surface area contributed by atoms with Crippen molar-refractivity contribution in [3.63, 3.8) is 0 Å². The summed E-state index contributed by atoms with van der Waals surface area (Å²) in [6.45, 7) is 2.67. The lowest BCUT2D eigenvalue weighted by molar-refractivity contribution is 0.0996. The quantitative estimate of drug-likeness (QED) is 0.745. The minimum atomic E-state index is 0.0388. The number of nitrogens with zero attached hydrogens (tertiary/aromatic N) is 2. The average Bonchev–Trinajstić information content (AvgIpc) is 2.69. The first-order valence-corrected chi connectivity index (χ1v) is 5.57. The Morgan fingerprint density at radius 1 is 1.18 bits per heavy atom. The van der Waals surface area contributed by atoms with Gasteiger partial charge in [-0.3, -0.25) is 9.78 Å². The van der Waals surface area contributed by atoms with Crippen LogP contribution in [-0.2, 0) is 6.54 Å². The topological polar surface area (TPSA) is 33.2 Å². The van der Waals surface area contributed by atoms with Gasteiger partial charge in [0, 0.05) is 18.1 Å². The first kappa shape index (κ1) is 10.0. The van der Waals surface area contributed by atoms with Crippen molar-refractivity contribution in [1.29, 1.82) is 0 Å². The van der Waals surface area contributed by atoms with E-state index in [0.29, 0.717) is 12.1 Å². The Morgan fingerprint density at radius 3 is 2.65 bits per heavy atom. The number of rotatable bonds is 1. The molecular formula is C14H12N2O. The molecule has 1 aliphatic rings. The summed E-state index contributed by atoms with van der Waals surface area (Å²) >= 11 is 0. The maximum atomic E-state index is 12.2. The van der Waals surface area contributed by atoms with E-state index in [4.69, 9.17) is 0 Å². The molecule has 0 unspecified atom stereocenters. The third-order valence-corrected chi connectivity index (χ3v) is 3.06. The van der Waals surface area contributed by atoms with Gasteiger partial charge in [-0.05, 0) is 30.7 Å². The molecule has 0 fully saturated rings. The molecule has 0 saturated heterocycles. The highest BCUT2D eigenvalue weighted by molar-refractivity contribution is 6.09. The highest BCUT2D eigenvalue weighted by Crippen LogP contribution is 2.27. The van der Waals surface area contributed by atoms with Crippen molar-refractivity contribution in [2.45, 2.75) is 13.5 Å². The van der Waals surface area contributed by atoms with E-state index in [2.05, 4.69) is 4.98 Å². The third-order valence-electron chi connectivity index (χ3n) is 3.06. The molecule has 0 saturated carbocycles. The Labute approximate surface area is 99.7 Å². The van der Waals surface area contributed by atoms with E-state index in [1.54, 1.807) is 17.3 Å². The minimum absolute atomic E-state index is 0.0388. The number of aryl methyl sites for hydroxylation is 1. The van der Waals surface area contributed by atoms with Crippen LogP contribution in [0.5, 0.6) is 0 Å². The fraction of sp³-hybridized carbons (Fsp3) is 0.143. The largest absolute Gasteiger partial charge is 0.304 e. The molecule has 0 radical (unpaired) electrons. The van der Waals surface area contributed by atoms with Gasteiger partial charge in [-0.15, -0.1) is 0 Å². The molecule has 0 bridgehead atoms. The second-order valence-corrected chi connectivity index (χ2v) is 4.26. The zero-order valence-electron chi connectivity index (χ0n) is 9.55. The van der Waals surface area contributed by atoms with Crippen LogP contribution in [0, 0.1) is 6.92 Å². The van der Waals surface area contributed by atoms with Gasteiger partial charge in [0.2, 0.25) is 0 Å². The molecule has 1 aliphatic heterocycles. The number of hydrogen-bond donors (Lipinski definition) is 0. The molecule has 17 heavy (non-hydrogen) atoms. The summed E-state index contributed by atoms with van der Waals surface area (Å²) in [6.07, 6.45) is 3.37.